The minimum atomic E-state index is 0.782. The van der Waals surface area contributed by atoms with Gasteiger partial charge in [-0.25, -0.2) is 4.98 Å². The summed E-state index contributed by atoms with van der Waals surface area (Å²) >= 11 is 6.29. The Hall–Kier alpha value is -0.800. The first-order valence-electron chi connectivity index (χ1n) is 7.84. The lowest BCUT2D eigenvalue weighted by atomic mass is 9.94. The number of nitrogens with zero attached hydrogens (tertiary/aromatic N) is 2. The van der Waals surface area contributed by atoms with Gasteiger partial charge in [0.25, 0.3) is 0 Å². The third-order valence-electron chi connectivity index (χ3n) is 4.13. The van der Waals surface area contributed by atoms with Crippen LogP contribution in [0.1, 0.15) is 45.2 Å². The molecule has 1 aliphatic rings. The number of nitrogens with one attached hydrogen (secondary N) is 1. The second-order valence-corrected chi connectivity index (χ2v) is 6.09. The van der Waals surface area contributed by atoms with Crippen molar-refractivity contribution in [1.82, 2.24) is 9.88 Å². The van der Waals surface area contributed by atoms with Crippen molar-refractivity contribution in [3.8, 4) is 0 Å². The van der Waals surface area contributed by atoms with E-state index in [0.29, 0.717) is 0 Å². The molecule has 4 heteroatoms. The number of pyridine rings is 1. The van der Waals surface area contributed by atoms with Crippen LogP contribution in [-0.2, 0) is 6.54 Å². The van der Waals surface area contributed by atoms with E-state index in [4.69, 9.17) is 11.6 Å². The molecular weight excluding hydrogens is 270 g/mol. The highest BCUT2D eigenvalue weighted by Gasteiger charge is 2.19. The molecule has 20 heavy (non-hydrogen) atoms. The maximum absolute atomic E-state index is 6.29. The normalized spacial score (nSPS) is 17.4. The van der Waals surface area contributed by atoms with E-state index >= 15 is 0 Å². The van der Waals surface area contributed by atoms with E-state index in [9.17, 15) is 0 Å². The van der Waals surface area contributed by atoms with E-state index in [1.54, 1.807) is 0 Å². The summed E-state index contributed by atoms with van der Waals surface area (Å²) < 4.78 is 0. The Morgan fingerprint density at radius 3 is 2.70 bits per heavy atom. The summed E-state index contributed by atoms with van der Waals surface area (Å²) in [6.07, 6.45) is 5.03. The van der Waals surface area contributed by atoms with Gasteiger partial charge in [-0.3, -0.25) is 4.90 Å². The van der Waals surface area contributed by atoms with Gasteiger partial charge < -0.3 is 5.32 Å². The van der Waals surface area contributed by atoms with E-state index in [2.05, 4.69) is 29.0 Å². The molecule has 2 heterocycles. The Morgan fingerprint density at radius 1 is 1.30 bits per heavy atom. The number of hydrogen-bond donors (Lipinski definition) is 1. The van der Waals surface area contributed by atoms with Crippen LogP contribution in [0.5, 0.6) is 0 Å². The molecule has 0 amide bonds. The first kappa shape index (κ1) is 15.6. The smallest absolute Gasteiger partial charge is 0.126 e. The number of halogens is 1. The summed E-state index contributed by atoms with van der Waals surface area (Å²) in [6.45, 7) is 8.61. The molecule has 0 bridgehead atoms. The van der Waals surface area contributed by atoms with Gasteiger partial charge in [-0.2, -0.15) is 0 Å². The average molecular weight is 296 g/mol. The van der Waals surface area contributed by atoms with Gasteiger partial charge >= 0.3 is 0 Å². The number of piperidine rings is 1. The lowest BCUT2D eigenvalue weighted by molar-refractivity contribution is 0.173. The zero-order valence-electron chi connectivity index (χ0n) is 12.7. The van der Waals surface area contributed by atoms with Crippen molar-refractivity contribution in [2.75, 3.05) is 25.0 Å². The van der Waals surface area contributed by atoms with Gasteiger partial charge in [0.1, 0.15) is 5.82 Å². The molecule has 1 aromatic heterocycles. The second-order valence-electron chi connectivity index (χ2n) is 5.68. The molecule has 0 saturated carbocycles. The highest BCUT2D eigenvalue weighted by molar-refractivity contribution is 6.31. The van der Waals surface area contributed by atoms with E-state index in [1.165, 1.54) is 32.4 Å². The van der Waals surface area contributed by atoms with Crippen molar-refractivity contribution < 1.29 is 0 Å². The fourth-order valence-corrected chi connectivity index (χ4v) is 2.88. The molecular formula is C16H26ClN3. The maximum atomic E-state index is 6.29. The molecule has 1 saturated heterocycles. The number of likely N-dealkylation sites (tertiary alicyclic amines) is 1. The molecule has 2 rings (SSSR count). The number of aromatic nitrogens is 1. The lowest BCUT2D eigenvalue weighted by Gasteiger charge is -2.31. The average Bonchev–Trinajstić information content (AvgIpc) is 2.49. The van der Waals surface area contributed by atoms with Crippen molar-refractivity contribution in [2.45, 2.75) is 46.1 Å². The van der Waals surface area contributed by atoms with Crippen LogP contribution in [0.4, 0.5) is 5.82 Å². The Kier molecular flexibility index (Phi) is 6.11. The Balaban J connectivity index is 1.94. The molecule has 1 aromatic rings. The zero-order chi connectivity index (χ0) is 14.4. The monoisotopic (exact) mass is 295 g/mol. The second kappa shape index (κ2) is 7.84. The molecule has 1 N–H and O–H groups in total. The van der Waals surface area contributed by atoms with E-state index < -0.39 is 0 Å². The molecule has 0 aromatic carbocycles. The Bertz CT molecular complexity index is 414. The number of hydrogen-bond acceptors (Lipinski definition) is 3. The van der Waals surface area contributed by atoms with Crippen molar-refractivity contribution >= 4 is 17.4 Å². The summed E-state index contributed by atoms with van der Waals surface area (Å²) in [7, 11) is 0. The minimum Gasteiger partial charge on any atom is -0.370 e. The molecule has 0 radical (unpaired) electrons. The van der Waals surface area contributed by atoms with Crippen LogP contribution in [0, 0.1) is 5.92 Å². The summed E-state index contributed by atoms with van der Waals surface area (Å²) in [5.74, 6) is 1.85. The van der Waals surface area contributed by atoms with Crippen LogP contribution in [0.2, 0.25) is 5.02 Å². The van der Waals surface area contributed by atoms with Gasteiger partial charge in [0.2, 0.25) is 0 Å². The van der Waals surface area contributed by atoms with Crippen molar-refractivity contribution in [2.24, 2.45) is 5.92 Å². The molecule has 0 unspecified atom stereocenters. The standard InChI is InChI=1S/C16H26ClN3/c1-3-9-18-16-6-5-14(17)15(19-16)12-20-10-7-13(4-2)8-11-20/h5-6,13H,3-4,7-12H2,1-2H3,(H,18,19). The van der Waals surface area contributed by atoms with Gasteiger partial charge in [-0.05, 0) is 50.4 Å². The summed E-state index contributed by atoms with van der Waals surface area (Å²) in [5.41, 5.74) is 1.00. The van der Waals surface area contributed by atoms with Crippen LogP contribution in [0.25, 0.3) is 0 Å². The summed E-state index contributed by atoms with van der Waals surface area (Å²) in [5, 5.41) is 4.11. The molecule has 112 valence electrons. The Labute approximate surface area is 127 Å². The van der Waals surface area contributed by atoms with Gasteiger partial charge in [0, 0.05) is 13.1 Å². The molecule has 0 spiro atoms. The predicted molar refractivity (Wildman–Crippen MR) is 86.3 cm³/mol. The molecule has 1 aliphatic heterocycles. The van der Waals surface area contributed by atoms with Gasteiger partial charge in [-0.1, -0.05) is 31.9 Å². The third kappa shape index (κ3) is 4.35. The molecule has 0 atom stereocenters. The summed E-state index contributed by atoms with van der Waals surface area (Å²) in [4.78, 5) is 7.13. The van der Waals surface area contributed by atoms with Gasteiger partial charge in [0.05, 0.1) is 10.7 Å². The van der Waals surface area contributed by atoms with Crippen LogP contribution >= 0.6 is 11.6 Å². The maximum Gasteiger partial charge on any atom is 0.126 e. The summed E-state index contributed by atoms with van der Waals surface area (Å²) in [6, 6.07) is 3.92. The first-order valence-corrected chi connectivity index (χ1v) is 8.22. The molecule has 0 aliphatic carbocycles. The lowest BCUT2D eigenvalue weighted by Crippen LogP contribution is -2.33. The van der Waals surface area contributed by atoms with Crippen LogP contribution in [0.15, 0.2) is 12.1 Å². The third-order valence-corrected chi connectivity index (χ3v) is 4.48. The van der Waals surface area contributed by atoms with E-state index in [1.807, 2.05) is 12.1 Å². The van der Waals surface area contributed by atoms with Crippen LogP contribution in [-0.4, -0.2) is 29.5 Å². The van der Waals surface area contributed by atoms with Crippen molar-refractivity contribution in [3.05, 3.63) is 22.8 Å². The van der Waals surface area contributed by atoms with Gasteiger partial charge in [0.15, 0.2) is 0 Å². The predicted octanol–water partition coefficient (Wildman–Crippen LogP) is 4.18. The Morgan fingerprint density at radius 2 is 2.05 bits per heavy atom. The van der Waals surface area contributed by atoms with Crippen molar-refractivity contribution in [1.29, 1.82) is 0 Å². The SMILES string of the molecule is CCCNc1ccc(Cl)c(CN2CCC(CC)CC2)n1. The van der Waals surface area contributed by atoms with Crippen LogP contribution in [0.3, 0.4) is 0 Å². The first-order chi connectivity index (χ1) is 9.72. The topological polar surface area (TPSA) is 28.2 Å². The number of rotatable bonds is 6. The van der Waals surface area contributed by atoms with E-state index in [-0.39, 0.29) is 0 Å². The van der Waals surface area contributed by atoms with E-state index in [0.717, 1.165) is 42.0 Å². The quantitative estimate of drug-likeness (QED) is 0.853. The van der Waals surface area contributed by atoms with Gasteiger partial charge in [-0.15, -0.1) is 0 Å². The molecule has 3 nitrogen and oxygen atoms in total. The minimum absolute atomic E-state index is 0.782. The van der Waals surface area contributed by atoms with Crippen molar-refractivity contribution in [3.63, 3.8) is 0 Å². The number of anilines is 1. The fourth-order valence-electron chi connectivity index (χ4n) is 2.71. The highest BCUT2D eigenvalue weighted by Crippen LogP contribution is 2.23. The largest absolute Gasteiger partial charge is 0.370 e. The van der Waals surface area contributed by atoms with Crippen LogP contribution < -0.4 is 5.32 Å². The zero-order valence-corrected chi connectivity index (χ0v) is 13.4. The highest BCUT2D eigenvalue weighted by atomic mass is 35.5. The molecule has 1 fully saturated rings. The fraction of sp³-hybridized carbons (Fsp3) is 0.688.